The number of hydrogen-bond acceptors (Lipinski definition) is 0. The van der Waals surface area contributed by atoms with Crippen molar-refractivity contribution in [3.05, 3.63) is 34.4 Å². The molecule has 0 bridgehead atoms. The lowest BCUT2D eigenvalue weighted by Gasteiger charge is -2.15. The molecule has 0 saturated carbocycles. The molecule has 0 aliphatic heterocycles. The second-order valence-corrected chi connectivity index (χ2v) is 3.60. The van der Waals surface area contributed by atoms with Gasteiger partial charge in [-0.3, -0.25) is 0 Å². The van der Waals surface area contributed by atoms with Crippen LogP contribution in [0.1, 0.15) is 37.3 Å². The quantitative estimate of drug-likeness (QED) is 0.400. The summed E-state index contributed by atoms with van der Waals surface area (Å²) in [5.74, 6) is -6.38. The summed E-state index contributed by atoms with van der Waals surface area (Å²) in [6.07, 6.45) is 0.530. The van der Waals surface area contributed by atoms with Crippen LogP contribution in [-0.2, 0) is 0 Å². The highest BCUT2D eigenvalue weighted by Gasteiger charge is 2.24. The van der Waals surface area contributed by atoms with Crippen LogP contribution in [0.5, 0.6) is 0 Å². The van der Waals surface area contributed by atoms with Crippen LogP contribution in [0.15, 0.2) is 0 Å². The van der Waals surface area contributed by atoms with Crippen LogP contribution < -0.4 is 0 Å². The normalized spacial score (nSPS) is 13.0. The van der Waals surface area contributed by atoms with Gasteiger partial charge in [-0.25, -0.2) is 17.6 Å². The summed E-state index contributed by atoms with van der Waals surface area (Å²) in [5.41, 5.74) is -0.227. The average molecular weight is 220 g/mol. The molecule has 0 radical (unpaired) electrons. The molecule has 1 unspecified atom stereocenters. The lowest BCUT2D eigenvalue weighted by molar-refractivity contribution is 0.396. The lowest BCUT2D eigenvalue weighted by Crippen LogP contribution is -2.08. The van der Waals surface area contributed by atoms with Crippen LogP contribution in [0, 0.1) is 30.2 Å². The Kier molecular flexibility index (Phi) is 3.37. The van der Waals surface area contributed by atoms with Gasteiger partial charge in [0.2, 0.25) is 0 Å². The van der Waals surface area contributed by atoms with Crippen molar-refractivity contribution in [2.45, 2.75) is 33.1 Å². The first-order chi connectivity index (χ1) is 6.91. The van der Waals surface area contributed by atoms with Crippen molar-refractivity contribution in [3.63, 3.8) is 0 Å². The summed E-state index contributed by atoms with van der Waals surface area (Å²) in [7, 11) is 0. The number of hydrogen-bond donors (Lipinski definition) is 0. The predicted octanol–water partition coefficient (Wildman–Crippen LogP) is 4.06. The van der Waals surface area contributed by atoms with Crippen LogP contribution in [0.2, 0.25) is 0 Å². The van der Waals surface area contributed by atoms with Crippen LogP contribution in [0.25, 0.3) is 0 Å². The van der Waals surface area contributed by atoms with Gasteiger partial charge in [0.05, 0.1) is 0 Å². The average Bonchev–Trinajstić information content (AvgIpc) is 2.23. The van der Waals surface area contributed by atoms with E-state index in [1.807, 2.05) is 0 Å². The van der Waals surface area contributed by atoms with Gasteiger partial charge in [-0.15, -0.1) is 0 Å². The molecule has 0 fully saturated rings. The smallest absolute Gasteiger partial charge is 0.197 e. The van der Waals surface area contributed by atoms with Gasteiger partial charge in [-0.05, 0) is 30.4 Å². The minimum atomic E-state index is -1.74. The van der Waals surface area contributed by atoms with Gasteiger partial charge >= 0.3 is 0 Å². The van der Waals surface area contributed by atoms with Gasteiger partial charge < -0.3 is 0 Å². The Morgan fingerprint density at radius 3 is 1.87 bits per heavy atom. The van der Waals surface area contributed by atoms with Gasteiger partial charge in [-0.1, -0.05) is 13.8 Å². The molecule has 84 valence electrons. The maximum absolute atomic E-state index is 13.4. The first-order valence-corrected chi connectivity index (χ1v) is 4.74. The van der Waals surface area contributed by atoms with E-state index in [1.54, 1.807) is 13.8 Å². The van der Waals surface area contributed by atoms with E-state index in [-0.39, 0.29) is 17.0 Å². The Hall–Kier alpha value is -1.06. The van der Waals surface area contributed by atoms with E-state index < -0.39 is 23.3 Å². The molecule has 1 atom stereocenters. The van der Waals surface area contributed by atoms with Crippen LogP contribution in [0.3, 0.4) is 0 Å². The molecule has 0 saturated heterocycles. The third-order valence-corrected chi connectivity index (χ3v) is 2.65. The Labute approximate surface area is 85.9 Å². The molecule has 1 rings (SSSR count). The summed E-state index contributed by atoms with van der Waals surface area (Å²) < 4.78 is 52.3. The molecule has 0 aliphatic rings. The summed E-state index contributed by atoms with van der Waals surface area (Å²) >= 11 is 0. The minimum Gasteiger partial charge on any atom is -0.203 e. The monoisotopic (exact) mass is 220 g/mol. The first-order valence-electron chi connectivity index (χ1n) is 4.74. The molecule has 0 aliphatic carbocycles. The Balaban J connectivity index is 3.52. The van der Waals surface area contributed by atoms with Crippen LogP contribution in [0.4, 0.5) is 17.6 Å². The third kappa shape index (κ3) is 1.85. The molecule has 15 heavy (non-hydrogen) atoms. The summed E-state index contributed by atoms with van der Waals surface area (Å²) in [6.45, 7) is 4.66. The van der Waals surface area contributed by atoms with Gasteiger partial charge in [0.25, 0.3) is 0 Å². The van der Waals surface area contributed by atoms with Crippen LogP contribution in [-0.4, -0.2) is 0 Å². The highest BCUT2D eigenvalue weighted by molar-refractivity contribution is 5.33. The van der Waals surface area contributed by atoms with Crippen molar-refractivity contribution in [1.82, 2.24) is 0 Å². The van der Waals surface area contributed by atoms with Crippen molar-refractivity contribution >= 4 is 0 Å². The molecular formula is C11H12F4. The maximum Gasteiger partial charge on any atom is 0.197 e. The van der Waals surface area contributed by atoms with Crippen molar-refractivity contribution < 1.29 is 17.6 Å². The zero-order valence-corrected chi connectivity index (χ0v) is 8.80. The maximum atomic E-state index is 13.4. The molecule has 1 aromatic carbocycles. The Morgan fingerprint density at radius 2 is 1.40 bits per heavy atom. The van der Waals surface area contributed by atoms with Crippen molar-refractivity contribution in [3.8, 4) is 0 Å². The summed E-state index contributed by atoms with van der Waals surface area (Å²) in [4.78, 5) is 0. The minimum absolute atomic E-state index is 0.0751. The van der Waals surface area contributed by atoms with E-state index in [0.29, 0.717) is 6.42 Å². The zero-order chi connectivity index (χ0) is 11.7. The van der Waals surface area contributed by atoms with E-state index in [1.165, 1.54) is 6.92 Å². The highest BCUT2D eigenvalue weighted by atomic mass is 19.2. The zero-order valence-electron chi connectivity index (χ0n) is 8.80. The van der Waals surface area contributed by atoms with Crippen molar-refractivity contribution in [1.29, 1.82) is 0 Å². The van der Waals surface area contributed by atoms with E-state index in [9.17, 15) is 17.6 Å². The predicted molar refractivity (Wildman–Crippen MR) is 49.7 cm³/mol. The molecule has 0 heterocycles. The Morgan fingerprint density at radius 1 is 0.933 bits per heavy atom. The molecule has 0 amide bonds. The topological polar surface area (TPSA) is 0 Å². The van der Waals surface area contributed by atoms with E-state index in [4.69, 9.17) is 0 Å². The number of halogens is 4. The molecule has 0 N–H and O–H groups in total. The third-order valence-electron chi connectivity index (χ3n) is 2.65. The molecule has 4 heteroatoms. The van der Waals surface area contributed by atoms with Crippen molar-refractivity contribution in [2.24, 2.45) is 0 Å². The van der Waals surface area contributed by atoms with E-state index >= 15 is 0 Å². The first kappa shape index (κ1) is 12.0. The molecule has 0 spiro atoms. The lowest BCUT2D eigenvalue weighted by atomic mass is 9.93. The second kappa shape index (κ2) is 4.21. The number of rotatable bonds is 2. The molecular weight excluding hydrogens is 208 g/mol. The van der Waals surface area contributed by atoms with Crippen molar-refractivity contribution in [2.75, 3.05) is 0 Å². The van der Waals surface area contributed by atoms with Gasteiger partial charge in [-0.2, -0.15) is 0 Å². The van der Waals surface area contributed by atoms with Gasteiger partial charge in [0.1, 0.15) is 0 Å². The SMILES string of the molecule is CCC(C)c1c(C)c(F)c(F)c(F)c1F. The van der Waals surface area contributed by atoms with Gasteiger partial charge in [0, 0.05) is 0 Å². The standard InChI is InChI=1S/C11H12F4/c1-4-5(2)7-6(3)8(12)10(14)11(15)9(7)13/h5H,4H2,1-3H3. The fourth-order valence-corrected chi connectivity index (χ4v) is 1.55. The number of benzene rings is 1. The molecule has 1 aromatic rings. The second-order valence-electron chi connectivity index (χ2n) is 3.60. The summed E-state index contributed by atoms with van der Waals surface area (Å²) in [6, 6.07) is 0. The highest BCUT2D eigenvalue weighted by Crippen LogP contribution is 2.30. The van der Waals surface area contributed by atoms with E-state index in [0.717, 1.165) is 0 Å². The van der Waals surface area contributed by atoms with E-state index in [2.05, 4.69) is 0 Å². The summed E-state index contributed by atoms with van der Waals surface area (Å²) in [5, 5.41) is 0. The van der Waals surface area contributed by atoms with Crippen LogP contribution >= 0.6 is 0 Å². The fraction of sp³-hybridized carbons (Fsp3) is 0.455. The largest absolute Gasteiger partial charge is 0.203 e. The Bertz CT molecular complexity index is 356. The molecule has 0 aromatic heterocycles. The molecule has 0 nitrogen and oxygen atoms in total. The fourth-order valence-electron chi connectivity index (χ4n) is 1.55. The van der Waals surface area contributed by atoms with Gasteiger partial charge in [0.15, 0.2) is 23.3 Å².